The number of allylic oxidation sites excluding steroid dienone is 4. The van der Waals surface area contributed by atoms with Crippen molar-refractivity contribution in [3.8, 4) is 0 Å². The fourth-order valence-corrected chi connectivity index (χ4v) is 4.44. The van der Waals surface area contributed by atoms with Crippen LogP contribution in [-0.2, 0) is 19.5 Å². The predicted octanol–water partition coefficient (Wildman–Crippen LogP) is 4.05. The molecule has 2 N–H and O–H groups in total. The monoisotopic (exact) mass is 408 g/mol. The highest BCUT2D eigenvalue weighted by Crippen LogP contribution is 2.33. The van der Waals surface area contributed by atoms with Crippen molar-refractivity contribution in [2.75, 3.05) is 11.9 Å². The highest BCUT2D eigenvalue weighted by Gasteiger charge is 2.33. The summed E-state index contributed by atoms with van der Waals surface area (Å²) in [6, 6.07) is 1.92. The summed E-state index contributed by atoms with van der Waals surface area (Å²) in [6.07, 6.45) is 3.15. The lowest BCUT2D eigenvalue weighted by molar-refractivity contribution is -0.0941. The molecule has 2 aromatic rings. The Kier molecular flexibility index (Phi) is 5.11. The van der Waals surface area contributed by atoms with Crippen LogP contribution in [-0.4, -0.2) is 28.2 Å². The Morgan fingerprint density at radius 2 is 2.21 bits per heavy atom. The first-order valence-corrected chi connectivity index (χ1v) is 9.82. The second kappa shape index (κ2) is 7.56. The molecule has 148 valence electrons. The number of rotatable bonds is 4. The maximum Gasteiger partial charge on any atom is 0.412 e. The number of carbonyl (C=O) groups excluding carboxylic acids is 1. The third-order valence-electron chi connectivity index (χ3n) is 4.76. The molecule has 28 heavy (non-hydrogen) atoms. The fourth-order valence-electron chi connectivity index (χ4n) is 3.37. The zero-order chi connectivity index (χ0) is 19.7. The number of amides is 1. The Hall–Kier alpha value is -2.39. The van der Waals surface area contributed by atoms with Crippen LogP contribution in [0, 0.1) is 0 Å². The van der Waals surface area contributed by atoms with Gasteiger partial charge < -0.3 is 15.2 Å². The molecule has 2 aromatic heterocycles. The highest BCUT2D eigenvalue weighted by molar-refractivity contribution is 7.14. The van der Waals surface area contributed by atoms with Crippen LogP contribution < -0.4 is 10.6 Å². The van der Waals surface area contributed by atoms with E-state index >= 15 is 0 Å². The van der Waals surface area contributed by atoms with Gasteiger partial charge in [0.05, 0.1) is 11.2 Å². The van der Waals surface area contributed by atoms with Crippen molar-refractivity contribution in [3.63, 3.8) is 0 Å². The summed E-state index contributed by atoms with van der Waals surface area (Å²) in [5.41, 5.74) is 1.29. The van der Waals surface area contributed by atoms with Gasteiger partial charge in [0.25, 0.3) is 5.91 Å². The summed E-state index contributed by atoms with van der Waals surface area (Å²) >= 11 is 1.47. The number of nitrogens with zero attached hydrogens (tertiary/aromatic N) is 2. The van der Waals surface area contributed by atoms with Crippen LogP contribution in [0.4, 0.5) is 19.0 Å². The van der Waals surface area contributed by atoms with E-state index in [1.54, 1.807) is 16.8 Å². The second-order valence-corrected chi connectivity index (χ2v) is 7.99. The number of anilines is 1. The van der Waals surface area contributed by atoms with Crippen LogP contribution >= 0.6 is 11.3 Å². The van der Waals surface area contributed by atoms with Crippen LogP contribution in [0.25, 0.3) is 0 Å². The van der Waals surface area contributed by atoms with E-state index in [1.807, 2.05) is 6.07 Å². The van der Waals surface area contributed by atoms with Crippen molar-refractivity contribution in [2.24, 2.45) is 0 Å². The van der Waals surface area contributed by atoms with Gasteiger partial charge in [-0.15, -0.1) is 11.3 Å². The number of hydrogen-bond acceptors (Lipinski definition) is 4. The van der Waals surface area contributed by atoms with E-state index in [1.165, 1.54) is 34.2 Å². The molecule has 0 bridgehead atoms. The van der Waals surface area contributed by atoms with E-state index in [-0.39, 0.29) is 18.9 Å². The zero-order valence-corrected chi connectivity index (χ0v) is 15.8. The largest absolute Gasteiger partial charge is 0.412 e. The molecular weight excluding hydrogens is 389 g/mol. The van der Waals surface area contributed by atoms with E-state index in [4.69, 9.17) is 0 Å². The van der Waals surface area contributed by atoms with Crippen molar-refractivity contribution in [2.45, 2.75) is 38.5 Å². The number of thiophene rings is 1. The Bertz CT molecular complexity index is 931. The highest BCUT2D eigenvalue weighted by atomic mass is 32.1. The third-order valence-corrected chi connectivity index (χ3v) is 5.94. The smallest absolute Gasteiger partial charge is 0.331 e. The van der Waals surface area contributed by atoms with Crippen LogP contribution in [0.3, 0.4) is 0 Å². The first-order valence-electron chi connectivity index (χ1n) is 9.01. The Labute approximate surface area is 164 Å². The third kappa shape index (κ3) is 4.20. The molecule has 1 amide bonds. The van der Waals surface area contributed by atoms with Gasteiger partial charge in [-0.3, -0.25) is 4.79 Å². The van der Waals surface area contributed by atoms with Gasteiger partial charge >= 0.3 is 6.18 Å². The topological polar surface area (TPSA) is 59.0 Å². The molecule has 0 spiro atoms. The minimum Gasteiger partial charge on any atom is -0.331 e. The van der Waals surface area contributed by atoms with Crippen LogP contribution in [0.5, 0.6) is 0 Å². The summed E-state index contributed by atoms with van der Waals surface area (Å²) in [5.74, 6) is 0.159. The Morgan fingerprint density at radius 1 is 1.36 bits per heavy atom. The lowest BCUT2D eigenvalue weighted by Crippen LogP contribution is -2.21. The number of aromatic nitrogens is 2. The van der Waals surface area contributed by atoms with Crippen molar-refractivity contribution < 1.29 is 18.0 Å². The lowest BCUT2D eigenvalue weighted by atomic mass is 9.99. The Morgan fingerprint density at radius 3 is 3.00 bits per heavy atom. The standard InChI is InChI=1S/C19H19F3N4OS/c20-19(21,22)14-3-1-2-12(6-14)9-26-10-17(24-11-26)25-18(27)15-7-13-4-5-23-8-16(13)28-15/h2,6-7,10-11,23H,1,3-5,8-9H2,(H,25,27). The van der Waals surface area contributed by atoms with Crippen LogP contribution in [0.2, 0.25) is 0 Å². The Balaban J connectivity index is 1.41. The maximum atomic E-state index is 12.9. The van der Waals surface area contributed by atoms with Gasteiger partial charge in [0, 0.05) is 29.7 Å². The van der Waals surface area contributed by atoms with Gasteiger partial charge in [0.2, 0.25) is 0 Å². The number of alkyl halides is 3. The summed E-state index contributed by atoms with van der Waals surface area (Å²) < 4.78 is 40.3. The molecule has 0 saturated carbocycles. The fraction of sp³-hybridized carbons (Fsp3) is 0.368. The van der Waals surface area contributed by atoms with E-state index in [9.17, 15) is 18.0 Å². The minimum atomic E-state index is -4.29. The summed E-state index contributed by atoms with van der Waals surface area (Å²) in [6.45, 7) is 1.97. The van der Waals surface area contributed by atoms with Crippen molar-refractivity contribution in [1.29, 1.82) is 0 Å². The molecule has 0 fully saturated rings. The first kappa shape index (κ1) is 18.9. The van der Waals surface area contributed by atoms with E-state index in [2.05, 4.69) is 15.6 Å². The van der Waals surface area contributed by atoms with Gasteiger partial charge in [0.1, 0.15) is 0 Å². The zero-order valence-electron chi connectivity index (χ0n) is 15.0. The molecular formula is C19H19F3N4OS. The van der Waals surface area contributed by atoms with Crippen molar-refractivity contribution >= 4 is 23.1 Å². The number of halogens is 3. The van der Waals surface area contributed by atoms with Gasteiger partial charge in [-0.25, -0.2) is 4.98 Å². The SMILES string of the molecule is O=C(Nc1cn(CC2=CCCC(C(F)(F)F)=C2)cn1)c1cc2c(s1)CNCC2. The molecule has 5 nitrogen and oxygen atoms in total. The average Bonchev–Trinajstić information content (AvgIpc) is 3.28. The van der Waals surface area contributed by atoms with Gasteiger partial charge in [-0.05, 0) is 49.1 Å². The molecule has 1 aliphatic carbocycles. The molecule has 9 heteroatoms. The van der Waals surface area contributed by atoms with Crippen LogP contribution in [0.1, 0.15) is 33.0 Å². The summed E-state index contributed by atoms with van der Waals surface area (Å²) in [7, 11) is 0. The van der Waals surface area contributed by atoms with Gasteiger partial charge in [-0.1, -0.05) is 6.08 Å². The molecule has 0 atom stereocenters. The maximum absolute atomic E-state index is 12.9. The number of fused-ring (bicyclic) bond motifs is 1. The molecule has 0 unspecified atom stereocenters. The van der Waals surface area contributed by atoms with Crippen molar-refractivity contribution in [3.05, 3.63) is 57.2 Å². The molecule has 0 radical (unpaired) electrons. The lowest BCUT2D eigenvalue weighted by Gasteiger charge is -2.16. The molecule has 1 aliphatic heterocycles. The minimum absolute atomic E-state index is 0.0124. The number of carbonyl (C=O) groups is 1. The number of hydrogen-bond donors (Lipinski definition) is 2. The summed E-state index contributed by atoms with van der Waals surface area (Å²) in [4.78, 5) is 18.4. The van der Waals surface area contributed by atoms with Crippen molar-refractivity contribution in [1.82, 2.24) is 14.9 Å². The second-order valence-electron chi connectivity index (χ2n) is 6.86. The number of nitrogens with one attached hydrogen (secondary N) is 2. The first-order chi connectivity index (χ1) is 13.4. The molecule has 2 aliphatic rings. The molecule has 0 aromatic carbocycles. The molecule has 4 rings (SSSR count). The molecule has 0 saturated heterocycles. The van der Waals surface area contributed by atoms with E-state index in [0.29, 0.717) is 22.7 Å². The average molecular weight is 408 g/mol. The van der Waals surface area contributed by atoms with Gasteiger partial charge in [-0.2, -0.15) is 13.2 Å². The normalized spacial score (nSPS) is 17.0. The number of imidazole rings is 1. The quantitative estimate of drug-likeness (QED) is 0.803. The predicted molar refractivity (Wildman–Crippen MR) is 101 cm³/mol. The summed E-state index contributed by atoms with van der Waals surface area (Å²) in [5, 5.41) is 6.04. The van der Waals surface area contributed by atoms with E-state index in [0.717, 1.165) is 19.5 Å². The molecule has 3 heterocycles. The van der Waals surface area contributed by atoms with E-state index < -0.39 is 11.7 Å². The van der Waals surface area contributed by atoms with Crippen LogP contribution in [0.15, 0.2) is 41.9 Å². The van der Waals surface area contributed by atoms with Gasteiger partial charge in [0.15, 0.2) is 5.82 Å².